The van der Waals surface area contributed by atoms with Crippen LogP contribution in [0.5, 0.6) is 0 Å². The first-order chi connectivity index (χ1) is 55.7. The molecular formula is C53H79N4O51S8-9. The van der Waals surface area contributed by atoms with Crippen molar-refractivity contribution in [2.24, 2.45) is 0 Å². The van der Waals surface area contributed by atoms with E-state index < -0.39 is 237 Å². The summed E-state index contributed by atoms with van der Waals surface area (Å²) in [7, 11) is -4.24. The number of carboxylic acids is 2. The molecule has 7 heterocycles. The molecule has 7 fully saturated rings. The molecule has 28 atom stereocenters. The molecule has 674 valence electrons. The summed E-state index contributed by atoms with van der Waals surface area (Å²) < 4.78 is 226. The largest absolute Gasteiger partial charge is 0.726 e. The van der Waals surface area contributed by atoms with Gasteiger partial charge in [-0.3, -0.25) is 64.1 Å². The molecule has 0 radical (unpaired) electrons. The van der Waals surface area contributed by atoms with Crippen LogP contribution in [0.4, 0.5) is 4.79 Å². The highest BCUT2D eigenvalue weighted by Gasteiger charge is 2.61. The molecule has 0 aromatic heterocycles. The fourth-order valence-electron chi connectivity index (χ4n) is 13.3. The number of rotatable bonds is 56. The minimum Gasteiger partial charge on any atom is -0.726 e. The van der Waals surface area contributed by atoms with Crippen molar-refractivity contribution in [2.75, 3.05) is 81.9 Å². The van der Waals surface area contributed by atoms with Gasteiger partial charge in [0.05, 0.1) is 43.8 Å². The molecule has 4 amide bonds. The van der Waals surface area contributed by atoms with Crippen molar-refractivity contribution in [1.82, 2.24) is 21.3 Å². The summed E-state index contributed by atoms with van der Waals surface area (Å²) >= 11 is 0.591. The molecule has 7 rings (SSSR count). The minimum atomic E-state index is -5.87. The Bertz CT molecular complexity index is 3160. The van der Waals surface area contributed by atoms with Crippen molar-refractivity contribution in [2.45, 2.75) is 222 Å². The maximum absolute atomic E-state index is 14.0. The van der Waals surface area contributed by atoms with Gasteiger partial charge >= 0.3 is 6.03 Å². The van der Waals surface area contributed by atoms with Crippen LogP contribution in [0, 0.1) is 0 Å². The lowest BCUT2D eigenvalue weighted by molar-refractivity contribution is -0.778. The Hall–Kier alpha value is -2.45. The van der Waals surface area contributed by atoms with Gasteiger partial charge in [0.15, 0.2) is 105 Å². The summed E-state index contributed by atoms with van der Waals surface area (Å²) in [4.78, 5) is 65.6. The molecule has 13 unspecified atom stereocenters. The lowest BCUT2D eigenvalue weighted by Crippen LogP contribution is -2.71. The van der Waals surface area contributed by atoms with Crippen molar-refractivity contribution in [3.63, 3.8) is 0 Å². The van der Waals surface area contributed by atoms with Gasteiger partial charge in [-0.2, -0.15) is 11.8 Å². The van der Waals surface area contributed by atoms with Crippen LogP contribution < -0.4 is 57.8 Å². The SMILES string of the molecule is COC1C(OC)[C@H](O[C@H]2O[C@H](COS(=O)(=O)[O-])[C@@H](O[C@@H]3OC(C(=O)[O-])[C@H](O[C@@H]4OC(COS(=O)(=O)[O-])[C@H](OC)[C@H](OC)C4NC(=O)CCCCCNC(=O)CCCCC4SCC5NC(=O)NC54)[C@H](OC)C3OC)C(OSOO[O-])C2OSOO[O-])[C@H](C(=O)[O-])O[C@@H]1O[C@H]1C(COSOO[O-])O[C@@H](OC)C(OSOO[O-])[C@H]1OSOO[O-]. The molecule has 0 bridgehead atoms. The Morgan fingerprint density at radius 2 is 0.879 bits per heavy atom. The van der Waals surface area contributed by atoms with Crippen LogP contribution in [0.3, 0.4) is 0 Å². The average Bonchev–Trinajstić information content (AvgIpc) is 0.910. The average molecular weight is 1840 g/mol. The van der Waals surface area contributed by atoms with Crippen molar-refractivity contribution in [3.05, 3.63) is 0 Å². The third-order valence-electron chi connectivity index (χ3n) is 18.0. The predicted octanol–water partition coefficient (Wildman–Crippen LogP) is -10.3. The van der Waals surface area contributed by atoms with E-state index in [9.17, 15) is 86.4 Å². The zero-order valence-electron chi connectivity index (χ0n) is 60.9. The summed E-state index contributed by atoms with van der Waals surface area (Å²) in [6.07, 6.45) is -45.5. The highest BCUT2D eigenvalue weighted by atomic mass is 32.3. The zero-order chi connectivity index (χ0) is 84.7. The monoisotopic (exact) mass is 1840 g/mol. The van der Waals surface area contributed by atoms with Gasteiger partial charge in [0.1, 0.15) is 110 Å². The molecule has 55 nitrogen and oxygen atoms in total. The molecule has 0 aromatic rings. The third kappa shape index (κ3) is 29.6. The highest BCUT2D eigenvalue weighted by molar-refractivity contribution is 8.00. The highest BCUT2D eigenvalue weighted by Crippen LogP contribution is 2.43. The standard InChI is InChI=1S/C53H88N4O51S8/c1-76-30-23(18-84-115(70,71)72)86-48(29(33(30)77-2)56-27(59)15-9-8-12-16-54-26(58)14-11-10-13-25-28-21(20-109-25)55-53(64)57-28)91-36-34(78-3)42(80-5)51(93-40(36)46(60)61)90-32-24(19-85-116(73,74)75)88-52(45(98-114-108-103-69)39(32)96-112-106-101-67)92-37-35(79-4)43(81-6)50(94-41(37)47(62)63)89-31-22(17-83-110-104-99-65)87-49(82-7)44(97-113-107-102-68)38(31)95-111-105-100-66/h21-25,28-45,48-52,65-69H,8-20H2,1-7H3,(H,54,58)(H,56,59)(H,60,61)(H,62,63)(H2,55,57,64)(H,70,71,72)(H,73,74,75)/p-9/t21?,22?,23?,24-,25?,28?,29?,30+,31+,32-,33-,34+,35?,36-,37+,38+,39?,40?,41-,42?,43?,44?,45?,48+,49-,50+,51-,52-/m1/s1. The number of carbonyl (C=O) groups excluding carboxylic acids is 5. The second kappa shape index (κ2) is 51.7. The van der Waals surface area contributed by atoms with Crippen LogP contribution in [-0.2, 0) is 192 Å². The number of carbonyl (C=O) groups is 5. The van der Waals surface area contributed by atoms with Crippen molar-refractivity contribution < 1.29 is 238 Å². The van der Waals surface area contributed by atoms with Crippen LogP contribution in [0.15, 0.2) is 0 Å². The van der Waals surface area contributed by atoms with Crippen LogP contribution in [0.2, 0.25) is 0 Å². The van der Waals surface area contributed by atoms with E-state index in [1.165, 1.54) is 0 Å². The lowest BCUT2D eigenvalue weighted by Gasteiger charge is -2.52. The van der Waals surface area contributed by atoms with E-state index in [1.807, 2.05) is 0 Å². The van der Waals surface area contributed by atoms with Gasteiger partial charge in [-0.1, -0.05) is 12.8 Å². The normalized spacial score (nSPS) is 34.9. The number of hydrogen-bond donors (Lipinski definition) is 4. The van der Waals surface area contributed by atoms with Gasteiger partial charge < -0.3 is 152 Å². The first kappa shape index (κ1) is 101. The number of nitrogens with one attached hydrogen (secondary N) is 4. The van der Waals surface area contributed by atoms with Gasteiger partial charge in [0.25, 0.3) is 0 Å². The molecule has 7 aliphatic rings. The van der Waals surface area contributed by atoms with Gasteiger partial charge in [0, 0.05) is 80.2 Å². The molecule has 0 saturated carbocycles. The maximum Gasteiger partial charge on any atom is 0.315 e. The summed E-state index contributed by atoms with van der Waals surface area (Å²) in [6.45, 7) is -3.16. The molecule has 0 spiro atoms. The van der Waals surface area contributed by atoms with E-state index in [4.69, 9.17) is 96.7 Å². The number of unbranched alkanes of at least 4 members (excludes halogenated alkanes) is 3. The minimum absolute atomic E-state index is 0.0337. The first-order valence-corrected chi connectivity index (χ1v) is 40.6. The molecule has 4 N–H and O–H groups in total. The Balaban J connectivity index is 1.16. The number of thioether (sulfide) groups is 1. The summed E-state index contributed by atoms with van der Waals surface area (Å²) in [5.74, 6) is -4.51. The number of fused-ring (bicyclic) bond motifs is 1. The maximum atomic E-state index is 14.0. The van der Waals surface area contributed by atoms with E-state index in [0.29, 0.717) is 19.3 Å². The van der Waals surface area contributed by atoms with E-state index in [-0.39, 0.29) is 92.1 Å². The Labute approximate surface area is 684 Å². The van der Waals surface area contributed by atoms with E-state index >= 15 is 0 Å². The van der Waals surface area contributed by atoms with E-state index in [0.717, 1.165) is 68.4 Å². The quantitative estimate of drug-likeness (QED) is 0.00835. The van der Waals surface area contributed by atoms with Crippen LogP contribution in [-0.4, -0.2) is 308 Å². The first-order valence-electron chi connectivity index (χ1n) is 33.6. The predicted molar refractivity (Wildman–Crippen MR) is 348 cm³/mol. The van der Waals surface area contributed by atoms with Crippen molar-refractivity contribution in [1.29, 1.82) is 0 Å². The zero-order valence-corrected chi connectivity index (χ0v) is 67.5. The molecule has 116 heavy (non-hydrogen) atoms. The Morgan fingerprint density at radius 1 is 0.457 bits per heavy atom. The molecular weight excluding hydrogens is 1770 g/mol. The van der Waals surface area contributed by atoms with Crippen LogP contribution in [0.25, 0.3) is 0 Å². The number of carboxylic acid groups (broad SMARTS) is 2. The number of aliphatic carboxylic acids is 2. The topological polar surface area (TPSA) is 714 Å². The molecule has 7 aliphatic heterocycles. The van der Waals surface area contributed by atoms with Gasteiger partial charge in [0.2, 0.25) is 32.6 Å². The van der Waals surface area contributed by atoms with E-state index in [2.05, 4.69) is 76.5 Å². The van der Waals surface area contributed by atoms with Crippen molar-refractivity contribution in [3.8, 4) is 0 Å². The van der Waals surface area contributed by atoms with Gasteiger partial charge in [-0.25, -0.2) is 21.6 Å². The third-order valence-corrected chi connectivity index (χ3v) is 22.4. The van der Waals surface area contributed by atoms with E-state index in [1.54, 1.807) is 11.8 Å². The Kier molecular flexibility index (Phi) is 44.9. The fourth-order valence-corrected chi connectivity index (χ4v) is 17.1. The van der Waals surface area contributed by atoms with Gasteiger partial charge in [-0.15, -0.1) is 21.7 Å². The lowest BCUT2D eigenvalue weighted by atomic mass is 9.94. The number of amides is 4. The number of ether oxygens (including phenoxy) is 16. The molecule has 0 aromatic carbocycles. The van der Waals surface area contributed by atoms with Crippen LogP contribution in [0.1, 0.15) is 51.4 Å². The Morgan fingerprint density at radius 3 is 1.36 bits per heavy atom. The second-order valence-corrected chi connectivity index (χ2v) is 30.3. The summed E-state index contributed by atoms with van der Waals surface area (Å²) in [5, 5.41) is 111. The summed E-state index contributed by atoms with van der Waals surface area (Å²) in [6, 6.07) is -1.69. The smallest absolute Gasteiger partial charge is 0.315 e. The molecule has 7 saturated heterocycles. The molecule has 63 heteroatoms. The second-order valence-electron chi connectivity index (χ2n) is 24.5. The van der Waals surface area contributed by atoms with Crippen molar-refractivity contribution >= 4 is 124 Å². The number of methoxy groups -OCH3 is 7. The summed E-state index contributed by atoms with van der Waals surface area (Å²) in [5.41, 5.74) is 0. The van der Waals surface area contributed by atoms with Crippen LogP contribution >= 0.6 is 73.4 Å². The van der Waals surface area contributed by atoms with Gasteiger partial charge in [-0.05, 0) is 25.7 Å². The number of urea groups is 1. The fraction of sp³-hybridized carbons (Fsp3) is 0.906. The molecule has 0 aliphatic carbocycles. The number of hydrogen-bond acceptors (Lipinski definition) is 57.